The summed E-state index contributed by atoms with van der Waals surface area (Å²) in [7, 11) is 0. The third-order valence-electron chi connectivity index (χ3n) is 1.48. The van der Waals surface area contributed by atoms with E-state index >= 15 is 0 Å². The fourth-order valence-electron chi connectivity index (χ4n) is 0.863. The Morgan fingerprint density at radius 3 is 2.21 bits per heavy atom. The van der Waals surface area contributed by atoms with Crippen LogP contribution >= 0.6 is 0 Å². The first-order valence-electron chi connectivity index (χ1n) is 4.13. The molecule has 0 aromatic heterocycles. The summed E-state index contributed by atoms with van der Waals surface area (Å²) in [5.74, 6) is -1.10. The van der Waals surface area contributed by atoms with Crippen LogP contribution in [-0.2, 0) is 9.63 Å². The average Bonchev–Trinajstić information content (AvgIpc) is 2.14. The van der Waals surface area contributed by atoms with Crippen LogP contribution < -0.4 is 11.5 Å². The molecule has 0 bridgehead atoms. The Morgan fingerprint density at radius 2 is 1.86 bits per heavy atom. The fourth-order valence-corrected chi connectivity index (χ4v) is 0.863. The quantitative estimate of drug-likeness (QED) is 0.213. The van der Waals surface area contributed by atoms with Gasteiger partial charge in [0.15, 0.2) is 0 Å². The lowest BCUT2D eigenvalue weighted by atomic mass is 10.0. The van der Waals surface area contributed by atoms with Gasteiger partial charge in [-0.1, -0.05) is 12.2 Å². The Bertz CT molecular complexity index is 234. The first kappa shape index (κ1) is 12.2. The van der Waals surface area contributed by atoms with Crippen molar-refractivity contribution in [3.8, 4) is 0 Å². The first-order chi connectivity index (χ1) is 6.61. The molecule has 0 radical (unpaired) electrons. The summed E-state index contributed by atoms with van der Waals surface area (Å²) in [5.41, 5.74) is 10.00. The Labute approximate surface area is 83.1 Å². The minimum absolute atomic E-state index is 0.283. The number of carbonyl (C=O) groups is 1. The van der Waals surface area contributed by atoms with Crippen LogP contribution in [0.25, 0.3) is 0 Å². The van der Waals surface area contributed by atoms with Crippen LogP contribution in [0.15, 0.2) is 30.5 Å². The van der Waals surface area contributed by atoms with Gasteiger partial charge in [-0.05, 0) is 18.0 Å². The lowest BCUT2D eigenvalue weighted by molar-refractivity contribution is -0.148. The molecule has 14 heavy (non-hydrogen) atoms. The van der Waals surface area contributed by atoms with Crippen molar-refractivity contribution in [2.45, 2.75) is 12.8 Å². The van der Waals surface area contributed by atoms with E-state index in [2.05, 4.69) is 23.2 Å². The van der Waals surface area contributed by atoms with E-state index in [1.165, 1.54) is 0 Å². The topological polar surface area (TPSA) is 90.7 Å². The lowest BCUT2D eigenvalue weighted by Gasteiger charge is -2.08. The van der Waals surface area contributed by atoms with Gasteiger partial charge in [0.25, 0.3) is 0 Å². The number of allylic oxidation sites excluding steroid dienone is 2. The summed E-state index contributed by atoms with van der Waals surface area (Å²) in [4.78, 5) is 15.8. The summed E-state index contributed by atoms with van der Waals surface area (Å²) in [6, 6.07) is 0. The smallest absolute Gasteiger partial charge is 0.338 e. The van der Waals surface area contributed by atoms with Gasteiger partial charge in [-0.25, -0.2) is 4.79 Å². The number of guanidine groups is 1. The molecule has 0 unspecified atom stereocenters. The van der Waals surface area contributed by atoms with Crippen molar-refractivity contribution >= 4 is 11.9 Å². The van der Waals surface area contributed by atoms with Gasteiger partial charge < -0.3 is 16.3 Å². The molecule has 0 fully saturated rings. The van der Waals surface area contributed by atoms with E-state index in [9.17, 15) is 4.79 Å². The van der Waals surface area contributed by atoms with Gasteiger partial charge in [0.2, 0.25) is 5.96 Å². The van der Waals surface area contributed by atoms with Crippen LogP contribution in [0.2, 0.25) is 0 Å². The molecule has 0 amide bonds. The van der Waals surface area contributed by atoms with E-state index in [4.69, 9.17) is 11.5 Å². The predicted molar refractivity (Wildman–Crippen MR) is 55.0 cm³/mol. The highest BCUT2D eigenvalue weighted by Gasteiger charge is 2.17. The van der Waals surface area contributed by atoms with Crippen molar-refractivity contribution in [3.63, 3.8) is 0 Å². The SMILES string of the molecule is C=CCC(CC=C)C(=O)ON=C(N)N. The third kappa shape index (κ3) is 4.97. The largest absolute Gasteiger partial charge is 0.367 e. The van der Waals surface area contributed by atoms with Gasteiger partial charge in [0, 0.05) is 0 Å². The normalized spacial score (nSPS) is 9.21. The molecule has 0 aliphatic heterocycles. The molecule has 0 aromatic carbocycles. The van der Waals surface area contributed by atoms with Crippen molar-refractivity contribution in [2.75, 3.05) is 0 Å². The van der Waals surface area contributed by atoms with Crippen molar-refractivity contribution in [2.24, 2.45) is 22.5 Å². The molecule has 0 atom stereocenters. The van der Waals surface area contributed by atoms with Crippen molar-refractivity contribution in [1.82, 2.24) is 0 Å². The van der Waals surface area contributed by atoms with Crippen molar-refractivity contribution < 1.29 is 9.63 Å². The van der Waals surface area contributed by atoms with Crippen LogP contribution in [-0.4, -0.2) is 11.9 Å². The molecule has 4 N–H and O–H groups in total. The van der Waals surface area contributed by atoms with E-state index in [-0.39, 0.29) is 11.9 Å². The van der Waals surface area contributed by atoms with Gasteiger partial charge in [0.1, 0.15) is 0 Å². The zero-order valence-corrected chi connectivity index (χ0v) is 7.98. The molecular formula is C9H15N3O2. The second-order valence-electron chi connectivity index (χ2n) is 2.67. The van der Waals surface area contributed by atoms with Gasteiger partial charge in [-0.15, -0.1) is 13.2 Å². The van der Waals surface area contributed by atoms with Crippen molar-refractivity contribution in [3.05, 3.63) is 25.3 Å². The van der Waals surface area contributed by atoms with Gasteiger partial charge in [-0.2, -0.15) is 0 Å². The number of hydrogen-bond donors (Lipinski definition) is 2. The fraction of sp³-hybridized carbons (Fsp3) is 0.333. The maximum absolute atomic E-state index is 11.3. The van der Waals surface area contributed by atoms with Crippen LogP contribution in [0.1, 0.15) is 12.8 Å². The standard InChI is InChI=1S/C9H15N3O2/c1-3-5-7(6-4-2)8(13)14-12-9(10)11/h3-4,7H,1-2,5-6H2,(H4,10,11,12). The Morgan fingerprint density at radius 1 is 1.36 bits per heavy atom. The van der Waals surface area contributed by atoms with Crippen LogP contribution in [0.3, 0.4) is 0 Å². The molecule has 0 aromatic rings. The molecular weight excluding hydrogens is 182 g/mol. The third-order valence-corrected chi connectivity index (χ3v) is 1.48. The number of oxime groups is 1. The van der Waals surface area contributed by atoms with Gasteiger partial charge >= 0.3 is 5.97 Å². The Hall–Kier alpha value is -1.78. The second-order valence-corrected chi connectivity index (χ2v) is 2.67. The summed E-state index contributed by atoms with van der Waals surface area (Å²) < 4.78 is 0. The monoisotopic (exact) mass is 197 g/mol. The predicted octanol–water partition coefficient (Wildman–Crippen LogP) is 0.486. The lowest BCUT2D eigenvalue weighted by Crippen LogP contribution is -2.24. The Kier molecular flexibility index (Phi) is 5.85. The molecule has 5 heteroatoms. The number of hydrogen-bond acceptors (Lipinski definition) is 3. The molecule has 0 aliphatic rings. The highest BCUT2D eigenvalue weighted by Crippen LogP contribution is 2.11. The molecule has 0 spiro atoms. The average molecular weight is 197 g/mol. The summed E-state index contributed by atoms with van der Waals surface area (Å²) in [5, 5.41) is 3.16. The van der Waals surface area contributed by atoms with E-state index in [0.29, 0.717) is 12.8 Å². The molecule has 0 saturated heterocycles. The number of nitrogens with two attached hydrogens (primary N) is 2. The summed E-state index contributed by atoms with van der Waals surface area (Å²) in [6.07, 6.45) is 4.27. The summed E-state index contributed by atoms with van der Waals surface area (Å²) >= 11 is 0. The second kappa shape index (κ2) is 6.71. The molecule has 5 nitrogen and oxygen atoms in total. The highest BCUT2D eigenvalue weighted by molar-refractivity contribution is 5.77. The highest BCUT2D eigenvalue weighted by atomic mass is 16.7. The minimum Gasteiger partial charge on any atom is -0.367 e. The van der Waals surface area contributed by atoms with E-state index in [1.807, 2.05) is 0 Å². The van der Waals surface area contributed by atoms with Crippen LogP contribution in [0, 0.1) is 5.92 Å². The van der Waals surface area contributed by atoms with Gasteiger partial charge in [0.05, 0.1) is 5.92 Å². The zero-order chi connectivity index (χ0) is 11.0. The number of carbonyl (C=O) groups excluding carboxylic acids is 1. The summed E-state index contributed by atoms with van der Waals surface area (Å²) in [6.45, 7) is 7.07. The van der Waals surface area contributed by atoms with Gasteiger partial charge in [-0.3, -0.25) is 0 Å². The number of rotatable bonds is 6. The number of nitrogens with zero attached hydrogens (tertiary/aromatic N) is 1. The Balaban J connectivity index is 4.20. The van der Waals surface area contributed by atoms with E-state index in [1.54, 1.807) is 12.2 Å². The van der Waals surface area contributed by atoms with Crippen LogP contribution in [0.5, 0.6) is 0 Å². The van der Waals surface area contributed by atoms with Crippen molar-refractivity contribution in [1.29, 1.82) is 0 Å². The molecule has 0 aliphatic carbocycles. The zero-order valence-electron chi connectivity index (χ0n) is 7.98. The first-order valence-corrected chi connectivity index (χ1v) is 4.13. The maximum Gasteiger partial charge on any atom is 0.338 e. The molecule has 0 saturated carbocycles. The maximum atomic E-state index is 11.3. The molecule has 78 valence electrons. The van der Waals surface area contributed by atoms with E-state index in [0.717, 1.165) is 0 Å². The molecule has 0 rings (SSSR count). The van der Waals surface area contributed by atoms with Crippen LogP contribution in [0.4, 0.5) is 0 Å². The molecule has 0 heterocycles. The van der Waals surface area contributed by atoms with E-state index < -0.39 is 5.97 Å². The minimum atomic E-state index is -0.488.